The van der Waals surface area contributed by atoms with E-state index in [0.717, 1.165) is 16.8 Å². The fraction of sp³-hybridized carbons (Fsp3) is 0.444. The van der Waals surface area contributed by atoms with Gasteiger partial charge < -0.3 is 6.15 Å². The van der Waals surface area contributed by atoms with Gasteiger partial charge in [0.2, 0.25) is 0 Å². The van der Waals surface area contributed by atoms with Crippen LogP contribution >= 0.6 is 0 Å². The average molecular weight is 301 g/mol. The van der Waals surface area contributed by atoms with Crippen LogP contribution in [-0.4, -0.2) is 31.9 Å². The molecule has 0 aliphatic heterocycles. The highest BCUT2D eigenvalue weighted by molar-refractivity contribution is 5.28. The molecule has 2 aromatic rings. The summed E-state index contributed by atoms with van der Waals surface area (Å²) in [6.45, 7) is 0. The number of nitrogens with zero attached hydrogens (tertiary/aromatic N) is 4. The Morgan fingerprint density at radius 3 is 2.10 bits per heavy atom. The van der Waals surface area contributed by atoms with Crippen LogP contribution < -0.4 is 6.15 Å². The van der Waals surface area contributed by atoms with E-state index in [9.17, 15) is 26.3 Å². The number of hydrogen-bond acceptors (Lipinski definition) is 4. The third-order valence-electron chi connectivity index (χ3n) is 2.05. The molecule has 2 rings (SSSR count). The van der Waals surface area contributed by atoms with Crippen LogP contribution in [0.5, 0.6) is 0 Å². The molecule has 0 aliphatic carbocycles. The fourth-order valence-electron chi connectivity index (χ4n) is 1.41. The van der Waals surface area contributed by atoms with Gasteiger partial charge in [-0.25, -0.2) is 9.50 Å². The molecular weight excluding hydrogens is 292 g/mol. The number of alkyl halides is 6. The molecule has 0 radical (unpaired) electrons. The maximum atomic E-state index is 12.1. The highest BCUT2D eigenvalue weighted by atomic mass is 19.4. The van der Waals surface area contributed by atoms with Gasteiger partial charge in [0.05, 0.1) is 12.1 Å². The van der Waals surface area contributed by atoms with Crippen molar-refractivity contribution in [3.05, 3.63) is 23.8 Å². The zero-order chi connectivity index (χ0) is 14.3. The molecule has 0 saturated carbocycles. The maximum Gasteiger partial charge on any atom is 0.396 e. The summed E-state index contributed by atoms with van der Waals surface area (Å²) in [5.41, 5.74) is -0.328. The smallest absolute Gasteiger partial charge is 0.344 e. The Labute approximate surface area is 108 Å². The summed E-state index contributed by atoms with van der Waals surface area (Å²) in [6, 6.07) is 1.03. The summed E-state index contributed by atoms with van der Waals surface area (Å²) in [5, 5.41) is 3.48. The van der Waals surface area contributed by atoms with Crippen molar-refractivity contribution in [1.29, 1.82) is 0 Å². The minimum Gasteiger partial charge on any atom is -0.344 e. The molecule has 3 N–H and O–H groups in total. The van der Waals surface area contributed by atoms with E-state index in [1.807, 2.05) is 0 Å². The van der Waals surface area contributed by atoms with Crippen LogP contribution in [0.15, 0.2) is 12.3 Å². The quantitative estimate of drug-likeness (QED) is 0.864. The SMILES string of the molecule is FC(F)(F)Cc1ccn2nc(CC(F)(F)F)nc2n1.N. The lowest BCUT2D eigenvalue weighted by Gasteiger charge is -2.04. The second-order valence-corrected chi connectivity index (χ2v) is 3.78. The molecule has 0 amide bonds. The second kappa shape index (κ2) is 5.23. The first kappa shape index (κ1) is 16.1. The van der Waals surface area contributed by atoms with Crippen LogP contribution in [0, 0.1) is 0 Å². The van der Waals surface area contributed by atoms with E-state index >= 15 is 0 Å². The van der Waals surface area contributed by atoms with Crippen molar-refractivity contribution in [2.45, 2.75) is 25.2 Å². The molecular formula is C9H9F6N5. The van der Waals surface area contributed by atoms with Crippen molar-refractivity contribution < 1.29 is 26.3 Å². The Kier molecular flexibility index (Phi) is 4.22. The topological polar surface area (TPSA) is 78.1 Å². The lowest BCUT2D eigenvalue weighted by Crippen LogP contribution is -2.13. The van der Waals surface area contributed by atoms with Crippen molar-refractivity contribution in [2.75, 3.05) is 0 Å². The number of rotatable bonds is 2. The van der Waals surface area contributed by atoms with E-state index in [-0.39, 0.29) is 17.6 Å². The summed E-state index contributed by atoms with van der Waals surface area (Å²) >= 11 is 0. The summed E-state index contributed by atoms with van der Waals surface area (Å²) in [4.78, 5) is 6.96. The first-order valence-electron chi connectivity index (χ1n) is 4.97. The highest BCUT2D eigenvalue weighted by Gasteiger charge is 2.31. The Morgan fingerprint density at radius 1 is 0.950 bits per heavy atom. The van der Waals surface area contributed by atoms with Gasteiger partial charge in [-0.1, -0.05) is 0 Å². The van der Waals surface area contributed by atoms with Crippen molar-refractivity contribution in [1.82, 2.24) is 25.7 Å². The molecule has 0 aliphatic rings. The third-order valence-corrected chi connectivity index (χ3v) is 2.05. The molecule has 11 heteroatoms. The molecule has 2 aromatic heterocycles. The van der Waals surface area contributed by atoms with Gasteiger partial charge in [0.1, 0.15) is 6.42 Å². The standard InChI is InChI=1S/C9H6F6N4.H3N/c10-8(11,12)3-5-1-2-19-7(16-5)17-6(18-19)4-9(13,14)15;/h1-2H,3-4H2;1H3. The summed E-state index contributed by atoms with van der Waals surface area (Å²) in [6.07, 6.45) is -10.5. The monoisotopic (exact) mass is 301 g/mol. The molecule has 5 nitrogen and oxygen atoms in total. The molecule has 0 bridgehead atoms. The zero-order valence-electron chi connectivity index (χ0n) is 9.83. The second-order valence-electron chi connectivity index (χ2n) is 3.78. The molecule has 0 saturated heterocycles. The molecule has 0 spiro atoms. The van der Waals surface area contributed by atoms with E-state index in [1.165, 1.54) is 0 Å². The third kappa shape index (κ3) is 4.33. The van der Waals surface area contributed by atoms with Crippen molar-refractivity contribution >= 4 is 5.78 Å². The number of fused-ring (bicyclic) bond motifs is 1. The van der Waals surface area contributed by atoms with Gasteiger partial charge in [-0.15, -0.1) is 5.10 Å². The fourth-order valence-corrected chi connectivity index (χ4v) is 1.41. The Balaban J connectivity index is 0.00000200. The molecule has 0 fully saturated rings. The summed E-state index contributed by atoms with van der Waals surface area (Å²) in [7, 11) is 0. The van der Waals surface area contributed by atoms with Crippen LogP contribution in [0.1, 0.15) is 11.5 Å². The minimum atomic E-state index is -4.49. The van der Waals surface area contributed by atoms with Crippen LogP contribution in [0.4, 0.5) is 26.3 Å². The van der Waals surface area contributed by atoms with Gasteiger partial charge in [0.15, 0.2) is 5.82 Å². The van der Waals surface area contributed by atoms with E-state index in [0.29, 0.717) is 0 Å². The molecule has 0 unspecified atom stereocenters. The average Bonchev–Trinajstić information content (AvgIpc) is 2.53. The molecule has 112 valence electrons. The van der Waals surface area contributed by atoms with Gasteiger partial charge in [0.25, 0.3) is 5.78 Å². The molecule has 20 heavy (non-hydrogen) atoms. The number of hydrogen-bond donors (Lipinski definition) is 1. The highest BCUT2D eigenvalue weighted by Crippen LogP contribution is 2.21. The van der Waals surface area contributed by atoms with Crippen molar-refractivity contribution in [3.63, 3.8) is 0 Å². The van der Waals surface area contributed by atoms with Crippen molar-refractivity contribution in [2.24, 2.45) is 0 Å². The van der Waals surface area contributed by atoms with E-state index in [1.54, 1.807) is 0 Å². The predicted octanol–water partition coefficient (Wildman–Crippen LogP) is 2.50. The normalized spacial score (nSPS) is 12.5. The van der Waals surface area contributed by atoms with E-state index in [4.69, 9.17) is 0 Å². The van der Waals surface area contributed by atoms with Crippen LogP contribution in [-0.2, 0) is 12.8 Å². The van der Waals surface area contributed by atoms with E-state index < -0.39 is 31.0 Å². The zero-order valence-corrected chi connectivity index (χ0v) is 9.83. The van der Waals surface area contributed by atoms with Crippen molar-refractivity contribution in [3.8, 4) is 0 Å². The van der Waals surface area contributed by atoms with Gasteiger partial charge in [-0.3, -0.25) is 0 Å². The largest absolute Gasteiger partial charge is 0.396 e. The Hall–Kier alpha value is -1.91. The van der Waals surface area contributed by atoms with Gasteiger partial charge in [-0.2, -0.15) is 31.3 Å². The molecule has 2 heterocycles. The number of aromatic nitrogens is 4. The molecule has 0 atom stereocenters. The lowest BCUT2D eigenvalue weighted by atomic mass is 10.3. The van der Waals surface area contributed by atoms with Crippen LogP contribution in [0.2, 0.25) is 0 Å². The minimum absolute atomic E-state index is 0. The summed E-state index contributed by atoms with van der Waals surface area (Å²) < 4.78 is 73.7. The van der Waals surface area contributed by atoms with Gasteiger partial charge >= 0.3 is 12.4 Å². The Bertz CT molecular complexity index is 573. The first-order chi connectivity index (χ1) is 8.62. The number of halogens is 6. The molecule has 0 aromatic carbocycles. The summed E-state index contributed by atoms with van der Waals surface area (Å²) in [5.74, 6) is -0.829. The maximum absolute atomic E-state index is 12.1. The predicted molar refractivity (Wildman–Crippen MR) is 55.3 cm³/mol. The first-order valence-corrected chi connectivity index (χ1v) is 4.97. The van der Waals surface area contributed by atoms with Gasteiger partial charge in [0, 0.05) is 6.20 Å². The lowest BCUT2D eigenvalue weighted by molar-refractivity contribution is -0.129. The Morgan fingerprint density at radius 2 is 1.55 bits per heavy atom. The van der Waals surface area contributed by atoms with Crippen LogP contribution in [0.3, 0.4) is 0 Å². The van der Waals surface area contributed by atoms with Crippen LogP contribution in [0.25, 0.3) is 5.78 Å². The van der Waals surface area contributed by atoms with Gasteiger partial charge in [-0.05, 0) is 6.07 Å². The van der Waals surface area contributed by atoms with E-state index in [2.05, 4.69) is 15.1 Å².